The van der Waals surface area contributed by atoms with Gasteiger partial charge < -0.3 is 5.73 Å². The van der Waals surface area contributed by atoms with E-state index in [0.717, 1.165) is 32.0 Å². The van der Waals surface area contributed by atoms with Crippen molar-refractivity contribution in [3.05, 3.63) is 57.9 Å². The van der Waals surface area contributed by atoms with Crippen molar-refractivity contribution in [2.24, 2.45) is 0 Å². The van der Waals surface area contributed by atoms with Crippen LogP contribution in [0.4, 0.5) is 5.69 Å². The molecule has 0 saturated carbocycles. The Morgan fingerprint density at radius 1 is 1.15 bits per heavy atom. The molecule has 4 heteroatoms. The number of hydrogen-bond donors (Lipinski definition) is 1. The summed E-state index contributed by atoms with van der Waals surface area (Å²) < 4.78 is 1.07. The Bertz CT molecular complexity index is 765. The zero-order valence-electron chi connectivity index (χ0n) is 10.9. The molecule has 1 heterocycles. The summed E-state index contributed by atoms with van der Waals surface area (Å²) in [5.74, 6) is 0. The average Bonchev–Trinajstić information content (AvgIpc) is 2.88. The number of thiazole rings is 1. The van der Waals surface area contributed by atoms with Crippen molar-refractivity contribution in [3.63, 3.8) is 0 Å². The average molecular weight is 345 g/mol. The molecule has 0 fully saturated rings. The molecule has 0 bridgehead atoms. The van der Waals surface area contributed by atoms with Gasteiger partial charge in [0.05, 0.1) is 5.69 Å². The molecule has 0 radical (unpaired) electrons. The van der Waals surface area contributed by atoms with Gasteiger partial charge >= 0.3 is 0 Å². The number of hydrogen-bond acceptors (Lipinski definition) is 3. The summed E-state index contributed by atoms with van der Waals surface area (Å²) in [7, 11) is 0. The van der Waals surface area contributed by atoms with Crippen LogP contribution in [0.1, 0.15) is 5.56 Å². The van der Waals surface area contributed by atoms with Gasteiger partial charge in [0.1, 0.15) is 5.01 Å². The summed E-state index contributed by atoms with van der Waals surface area (Å²) in [5, 5.41) is 3.07. The first-order valence-electron chi connectivity index (χ1n) is 6.21. The van der Waals surface area contributed by atoms with Gasteiger partial charge in [-0.25, -0.2) is 4.98 Å². The molecule has 2 N–H and O–H groups in total. The van der Waals surface area contributed by atoms with Crippen molar-refractivity contribution in [3.8, 4) is 21.8 Å². The summed E-state index contributed by atoms with van der Waals surface area (Å²) in [6.45, 7) is 2.08. The standard InChI is InChI=1S/C16H13BrN2S/c1-10-5-6-13(14(17)7-10)16-19-15(9-20-16)11-3-2-4-12(18)8-11/h2-9H,18H2,1H3. The van der Waals surface area contributed by atoms with E-state index in [-0.39, 0.29) is 0 Å². The second-order valence-corrected chi connectivity index (χ2v) is 6.36. The van der Waals surface area contributed by atoms with Gasteiger partial charge in [0.15, 0.2) is 0 Å². The lowest BCUT2D eigenvalue weighted by Gasteiger charge is -2.02. The third-order valence-electron chi connectivity index (χ3n) is 3.04. The molecule has 0 amide bonds. The van der Waals surface area contributed by atoms with Gasteiger partial charge in [0, 0.05) is 26.7 Å². The Morgan fingerprint density at radius 2 is 2.00 bits per heavy atom. The van der Waals surface area contributed by atoms with Crippen LogP contribution in [0.15, 0.2) is 52.3 Å². The van der Waals surface area contributed by atoms with Gasteiger partial charge in [-0.15, -0.1) is 11.3 Å². The van der Waals surface area contributed by atoms with E-state index in [0.29, 0.717) is 0 Å². The number of anilines is 1. The summed E-state index contributed by atoms with van der Waals surface area (Å²) in [4.78, 5) is 4.72. The maximum atomic E-state index is 5.82. The summed E-state index contributed by atoms with van der Waals surface area (Å²) in [6, 6.07) is 14.1. The van der Waals surface area contributed by atoms with Gasteiger partial charge in [-0.3, -0.25) is 0 Å². The fourth-order valence-corrected chi connectivity index (χ4v) is 3.70. The number of nitrogens with two attached hydrogens (primary N) is 1. The van der Waals surface area contributed by atoms with E-state index in [4.69, 9.17) is 10.7 Å². The van der Waals surface area contributed by atoms with Crippen molar-refractivity contribution < 1.29 is 0 Å². The third kappa shape index (κ3) is 2.62. The molecule has 0 saturated heterocycles. The van der Waals surface area contributed by atoms with Crippen LogP contribution in [0.25, 0.3) is 21.8 Å². The fraction of sp³-hybridized carbons (Fsp3) is 0.0625. The molecule has 100 valence electrons. The van der Waals surface area contributed by atoms with Gasteiger partial charge in [-0.05, 0) is 30.7 Å². The number of nitrogens with zero attached hydrogens (tertiary/aromatic N) is 1. The SMILES string of the molecule is Cc1ccc(-c2nc(-c3cccc(N)c3)cs2)c(Br)c1. The van der Waals surface area contributed by atoms with Crippen molar-refractivity contribution in [1.29, 1.82) is 0 Å². The lowest BCUT2D eigenvalue weighted by atomic mass is 10.1. The fourth-order valence-electron chi connectivity index (χ4n) is 2.02. The molecule has 0 atom stereocenters. The highest BCUT2D eigenvalue weighted by atomic mass is 79.9. The highest BCUT2D eigenvalue weighted by Gasteiger charge is 2.09. The van der Waals surface area contributed by atoms with E-state index in [1.807, 2.05) is 24.3 Å². The van der Waals surface area contributed by atoms with Crippen molar-refractivity contribution >= 4 is 33.0 Å². The Hall–Kier alpha value is -1.65. The zero-order chi connectivity index (χ0) is 14.1. The lowest BCUT2D eigenvalue weighted by molar-refractivity contribution is 1.38. The molecule has 0 unspecified atom stereocenters. The predicted octanol–water partition coefficient (Wildman–Crippen LogP) is 5.13. The molecular weight excluding hydrogens is 332 g/mol. The Labute approximate surface area is 130 Å². The van der Waals surface area contributed by atoms with Gasteiger partial charge in [-0.2, -0.15) is 0 Å². The third-order valence-corrected chi connectivity index (χ3v) is 4.57. The van der Waals surface area contributed by atoms with E-state index in [1.165, 1.54) is 5.56 Å². The maximum Gasteiger partial charge on any atom is 0.125 e. The topological polar surface area (TPSA) is 38.9 Å². The van der Waals surface area contributed by atoms with Crippen LogP contribution in [0.3, 0.4) is 0 Å². The minimum Gasteiger partial charge on any atom is -0.399 e. The Balaban J connectivity index is 2.02. The van der Waals surface area contributed by atoms with Crippen LogP contribution in [0, 0.1) is 6.92 Å². The molecule has 0 aliphatic carbocycles. The van der Waals surface area contributed by atoms with E-state index in [9.17, 15) is 0 Å². The van der Waals surface area contributed by atoms with Crippen LogP contribution in [-0.2, 0) is 0 Å². The second kappa shape index (κ2) is 5.38. The monoisotopic (exact) mass is 344 g/mol. The number of nitrogen functional groups attached to an aromatic ring is 1. The van der Waals surface area contributed by atoms with Crippen LogP contribution < -0.4 is 5.73 Å². The molecule has 0 aliphatic rings. The highest BCUT2D eigenvalue weighted by Crippen LogP contribution is 2.34. The number of halogens is 1. The van der Waals surface area contributed by atoms with Crippen LogP contribution in [-0.4, -0.2) is 4.98 Å². The molecule has 20 heavy (non-hydrogen) atoms. The minimum absolute atomic E-state index is 0.758. The highest BCUT2D eigenvalue weighted by molar-refractivity contribution is 9.10. The first-order valence-corrected chi connectivity index (χ1v) is 7.89. The summed E-state index contributed by atoms with van der Waals surface area (Å²) in [5.41, 5.74) is 10.9. The largest absolute Gasteiger partial charge is 0.399 e. The van der Waals surface area contributed by atoms with E-state index in [1.54, 1.807) is 11.3 Å². The Morgan fingerprint density at radius 3 is 2.75 bits per heavy atom. The number of aryl methyl sites for hydroxylation is 1. The van der Waals surface area contributed by atoms with Crippen molar-refractivity contribution in [2.75, 3.05) is 5.73 Å². The van der Waals surface area contributed by atoms with E-state index >= 15 is 0 Å². The molecule has 3 aromatic rings. The number of rotatable bonds is 2. The minimum atomic E-state index is 0.758. The quantitative estimate of drug-likeness (QED) is 0.654. The van der Waals surface area contributed by atoms with Gasteiger partial charge in [-0.1, -0.05) is 40.2 Å². The first-order chi connectivity index (χ1) is 9.63. The van der Waals surface area contributed by atoms with E-state index < -0.39 is 0 Å². The zero-order valence-corrected chi connectivity index (χ0v) is 13.3. The van der Waals surface area contributed by atoms with Crippen molar-refractivity contribution in [1.82, 2.24) is 4.98 Å². The first kappa shape index (κ1) is 13.3. The summed E-state index contributed by atoms with van der Waals surface area (Å²) in [6.07, 6.45) is 0. The van der Waals surface area contributed by atoms with Gasteiger partial charge in [0.2, 0.25) is 0 Å². The Kier molecular flexibility index (Phi) is 3.59. The number of aromatic nitrogens is 1. The molecule has 1 aromatic heterocycles. The second-order valence-electron chi connectivity index (χ2n) is 4.65. The van der Waals surface area contributed by atoms with Crippen LogP contribution in [0.2, 0.25) is 0 Å². The van der Waals surface area contributed by atoms with Gasteiger partial charge in [0.25, 0.3) is 0 Å². The molecule has 0 spiro atoms. The number of benzene rings is 2. The van der Waals surface area contributed by atoms with Crippen LogP contribution >= 0.6 is 27.3 Å². The van der Waals surface area contributed by atoms with Crippen LogP contribution in [0.5, 0.6) is 0 Å². The molecular formula is C16H13BrN2S. The normalized spacial score (nSPS) is 10.7. The maximum absolute atomic E-state index is 5.82. The molecule has 2 nitrogen and oxygen atoms in total. The lowest BCUT2D eigenvalue weighted by Crippen LogP contribution is -1.85. The van der Waals surface area contributed by atoms with Crippen molar-refractivity contribution in [2.45, 2.75) is 6.92 Å². The molecule has 0 aliphatic heterocycles. The molecule has 3 rings (SSSR count). The van der Waals surface area contributed by atoms with E-state index in [2.05, 4.69) is 46.4 Å². The molecule has 2 aromatic carbocycles. The predicted molar refractivity (Wildman–Crippen MR) is 89.8 cm³/mol. The smallest absolute Gasteiger partial charge is 0.125 e. The summed E-state index contributed by atoms with van der Waals surface area (Å²) >= 11 is 5.25.